The van der Waals surface area contributed by atoms with E-state index in [-0.39, 0.29) is 24.1 Å². The van der Waals surface area contributed by atoms with Crippen LogP contribution in [0.3, 0.4) is 0 Å². The summed E-state index contributed by atoms with van der Waals surface area (Å²) in [6.45, 7) is 0.736. The molecule has 0 bridgehead atoms. The Hall–Kier alpha value is -3.32. The number of hydrogen-bond donors (Lipinski definition) is 1. The number of amides is 2. The molecule has 2 amide bonds. The first-order chi connectivity index (χ1) is 14.1. The van der Waals surface area contributed by atoms with Crippen LogP contribution in [-0.4, -0.2) is 51.2 Å². The molecule has 0 aliphatic carbocycles. The van der Waals surface area contributed by atoms with E-state index in [9.17, 15) is 9.59 Å². The van der Waals surface area contributed by atoms with Crippen molar-refractivity contribution in [2.45, 2.75) is 6.42 Å². The number of methoxy groups -OCH3 is 3. The number of para-hydroxylation sites is 1. The molecule has 0 fully saturated rings. The van der Waals surface area contributed by atoms with Crippen LogP contribution in [0.2, 0.25) is 0 Å². The van der Waals surface area contributed by atoms with Crippen molar-refractivity contribution in [2.24, 2.45) is 0 Å². The Kier molecular flexibility index (Phi) is 6.51. The van der Waals surface area contributed by atoms with Gasteiger partial charge in [0.15, 0.2) is 0 Å². The highest BCUT2D eigenvalue weighted by Gasteiger charge is 2.39. The third-order valence-corrected chi connectivity index (χ3v) is 4.63. The van der Waals surface area contributed by atoms with Crippen molar-refractivity contribution in [3.05, 3.63) is 59.8 Å². The number of anilines is 1. The maximum atomic E-state index is 13.2. The van der Waals surface area contributed by atoms with E-state index in [2.05, 4.69) is 5.32 Å². The van der Waals surface area contributed by atoms with Gasteiger partial charge in [-0.2, -0.15) is 0 Å². The molecule has 7 heteroatoms. The normalized spacial score (nSPS) is 13.8. The van der Waals surface area contributed by atoms with Crippen LogP contribution in [0.25, 0.3) is 5.57 Å². The van der Waals surface area contributed by atoms with Gasteiger partial charge in [-0.1, -0.05) is 18.2 Å². The minimum Gasteiger partial charge on any atom is -0.497 e. The van der Waals surface area contributed by atoms with Gasteiger partial charge >= 0.3 is 0 Å². The quantitative estimate of drug-likeness (QED) is 0.519. The number of nitrogens with zero attached hydrogens (tertiary/aromatic N) is 1. The number of hydrogen-bond acceptors (Lipinski definition) is 6. The SMILES string of the molecule is COCCCN1C(=O)C(Nc2ccc(OC)cc2)=C(c2ccccc2OC)C1=O. The number of ether oxygens (including phenoxy) is 3. The molecule has 0 saturated heterocycles. The van der Waals surface area contributed by atoms with E-state index >= 15 is 0 Å². The van der Waals surface area contributed by atoms with E-state index in [1.807, 2.05) is 6.07 Å². The second kappa shape index (κ2) is 9.25. The van der Waals surface area contributed by atoms with Crippen molar-refractivity contribution < 1.29 is 23.8 Å². The van der Waals surface area contributed by atoms with Gasteiger partial charge in [-0.15, -0.1) is 0 Å². The van der Waals surface area contributed by atoms with Gasteiger partial charge in [0.1, 0.15) is 17.2 Å². The average Bonchev–Trinajstić information content (AvgIpc) is 2.98. The van der Waals surface area contributed by atoms with Crippen LogP contribution >= 0.6 is 0 Å². The number of benzene rings is 2. The topological polar surface area (TPSA) is 77.1 Å². The number of carbonyl (C=O) groups excluding carboxylic acids is 2. The van der Waals surface area contributed by atoms with Crippen molar-refractivity contribution in [3.63, 3.8) is 0 Å². The van der Waals surface area contributed by atoms with E-state index < -0.39 is 0 Å². The molecule has 0 radical (unpaired) electrons. The molecule has 152 valence electrons. The van der Waals surface area contributed by atoms with Crippen molar-refractivity contribution in [1.82, 2.24) is 4.90 Å². The Morgan fingerprint density at radius 1 is 0.897 bits per heavy atom. The summed E-state index contributed by atoms with van der Waals surface area (Å²) < 4.78 is 15.7. The number of rotatable bonds is 9. The van der Waals surface area contributed by atoms with Gasteiger partial charge < -0.3 is 19.5 Å². The molecule has 2 aromatic carbocycles. The van der Waals surface area contributed by atoms with Gasteiger partial charge in [-0.05, 0) is 36.8 Å². The molecule has 1 N–H and O–H groups in total. The minimum atomic E-state index is -0.372. The van der Waals surface area contributed by atoms with Crippen molar-refractivity contribution in [1.29, 1.82) is 0 Å². The molecule has 7 nitrogen and oxygen atoms in total. The number of imide groups is 1. The van der Waals surface area contributed by atoms with Gasteiger partial charge in [0, 0.05) is 31.5 Å². The third kappa shape index (κ3) is 4.25. The summed E-state index contributed by atoms with van der Waals surface area (Å²) >= 11 is 0. The maximum Gasteiger partial charge on any atom is 0.278 e. The van der Waals surface area contributed by atoms with Crippen molar-refractivity contribution in [3.8, 4) is 11.5 Å². The highest BCUT2D eigenvalue weighted by molar-refractivity contribution is 6.37. The molecule has 0 aromatic heterocycles. The fourth-order valence-corrected chi connectivity index (χ4v) is 3.18. The Morgan fingerprint density at radius 3 is 2.28 bits per heavy atom. The summed E-state index contributed by atoms with van der Waals surface area (Å²) in [5.74, 6) is 0.496. The summed E-state index contributed by atoms with van der Waals surface area (Å²) in [5.41, 5.74) is 1.76. The van der Waals surface area contributed by atoms with Crippen molar-refractivity contribution >= 4 is 23.1 Å². The summed E-state index contributed by atoms with van der Waals surface area (Å²) in [6.07, 6.45) is 0.559. The van der Waals surface area contributed by atoms with Crippen LogP contribution in [0.5, 0.6) is 11.5 Å². The summed E-state index contributed by atoms with van der Waals surface area (Å²) in [7, 11) is 4.71. The number of nitrogens with one attached hydrogen (secondary N) is 1. The molecule has 0 spiro atoms. The maximum absolute atomic E-state index is 13.2. The zero-order valence-electron chi connectivity index (χ0n) is 16.7. The van der Waals surface area contributed by atoms with Gasteiger partial charge in [-0.3, -0.25) is 14.5 Å². The second-order valence-electron chi connectivity index (χ2n) is 6.41. The molecule has 29 heavy (non-hydrogen) atoms. The lowest BCUT2D eigenvalue weighted by molar-refractivity contribution is -0.137. The molecular formula is C22H24N2O5. The predicted molar refractivity (Wildman–Crippen MR) is 110 cm³/mol. The van der Waals surface area contributed by atoms with Crippen LogP contribution < -0.4 is 14.8 Å². The van der Waals surface area contributed by atoms with Crippen LogP contribution in [-0.2, 0) is 14.3 Å². The Bertz CT molecular complexity index is 921. The van der Waals surface area contributed by atoms with Crippen LogP contribution in [0.15, 0.2) is 54.2 Å². The second-order valence-corrected chi connectivity index (χ2v) is 6.41. The number of carbonyl (C=O) groups is 2. The molecular weight excluding hydrogens is 372 g/mol. The molecule has 0 unspecified atom stereocenters. The van der Waals surface area contributed by atoms with Gasteiger partial charge in [-0.25, -0.2) is 0 Å². The largest absolute Gasteiger partial charge is 0.497 e. The van der Waals surface area contributed by atoms with Gasteiger partial charge in [0.25, 0.3) is 11.8 Å². The molecule has 0 saturated carbocycles. The third-order valence-electron chi connectivity index (χ3n) is 4.63. The molecule has 1 aliphatic heterocycles. The lowest BCUT2D eigenvalue weighted by Crippen LogP contribution is -2.33. The Balaban J connectivity index is 2.01. The van der Waals surface area contributed by atoms with Crippen LogP contribution in [0.4, 0.5) is 5.69 Å². The lowest BCUT2D eigenvalue weighted by atomic mass is 10.0. The Labute approximate surface area is 169 Å². The zero-order chi connectivity index (χ0) is 20.8. The molecule has 1 aliphatic rings. The van der Waals surface area contributed by atoms with Crippen LogP contribution in [0, 0.1) is 0 Å². The van der Waals surface area contributed by atoms with E-state index in [1.165, 1.54) is 12.0 Å². The van der Waals surface area contributed by atoms with Gasteiger partial charge in [0.2, 0.25) is 0 Å². The first-order valence-electron chi connectivity index (χ1n) is 9.24. The first kappa shape index (κ1) is 20.4. The molecule has 2 aromatic rings. The first-order valence-corrected chi connectivity index (χ1v) is 9.24. The fourth-order valence-electron chi connectivity index (χ4n) is 3.18. The summed E-state index contributed by atoms with van der Waals surface area (Å²) in [4.78, 5) is 27.5. The fraction of sp³-hybridized carbons (Fsp3) is 0.273. The zero-order valence-corrected chi connectivity index (χ0v) is 16.7. The predicted octanol–water partition coefficient (Wildman–Crippen LogP) is 2.93. The van der Waals surface area contributed by atoms with Gasteiger partial charge in [0.05, 0.1) is 19.8 Å². The molecule has 3 rings (SSSR count). The van der Waals surface area contributed by atoms with Crippen molar-refractivity contribution in [2.75, 3.05) is 39.8 Å². The highest BCUT2D eigenvalue weighted by Crippen LogP contribution is 2.35. The minimum absolute atomic E-state index is 0.224. The summed E-state index contributed by atoms with van der Waals surface area (Å²) in [6, 6.07) is 14.3. The average molecular weight is 396 g/mol. The van der Waals surface area contributed by atoms with Crippen LogP contribution in [0.1, 0.15) is 12.0 Å². The summed E-state index contributed by atoms with van der Waals surface area (Å²) in [5, 5.41) is 3.12. The van der Waals surface area contributed by atoms with E-state index in [0.717, 1.165) is 0 Å². The monoisotopic (exact) mass is 396 g/mol. The molecule has 1 heterocycles. The standard InChI is InChI=1S/C22H24N2O5/c1-27-14-6-13-24-21(25)19(17-7-4-5-8-18(17)29-3)20(22(24)26)23-15-9-11-16(28-2)12-10-15/h4-5,7-12,23H,6,13-14H2,1-3H3. The lowest BCUT2D eigenvalue weighted by Gasteiger charge is -2.15. The molecule has 0 atom stereocenters. The Morgan fingerprint density at radius 2 is 1.62 bits per heavy atom. The van der Waals surface area contributed by atoms with E-state index in [1.54, 1.807) is 56.7 Å². The van der Waals surface area contributed by atoms with E-state index in [4.69, 9.17) is 14.2 Å². The van der Waals surface area contributed by atoms with E-state index in [0.29, 0.717) is 41.4 Å². The smallest absolute Gasteiger partial charge is 0.278 e. The highest BCUT2D eigenvalue weighted by atomic mass is 16.5.